The summed E-state index contributed by atoms with van der Waals surface area (Å²) < 4.78 is 5.34. The van der Waals surface area contributed by atoms with Gasteiger partial charge in [-0.25, -0.2) is 0 Å². The molecule has 1 saturated heterocycles. The summed E-state index contributed by atoms with van der Waals surface area (Å²) in [4.78, 5) is 25.1. The van der Waals surface area contributed by atoms with Crippen LogP contribution in [0.15, 0.2) is 18.2 Å². The number of anilines is 2. The molecule has 0 aliphatic carbocycles. The number of rotatable bonds is 3. The third kappa shape index (κ3) is 2.67. The van der Waals surface area contributed by atoms with Gasteiger partial charge in [0.2, 0.25) is 5.91 Å². The summed E-state index contributed by atoms with van der Waals surface area (Å²) in [7, 11) is 1.58. The Labute approximate surface area is 116 Å². The van der Waals surface area contributed by atoms with Crippen molar-refractivity contribution in [2.24, 2.45) is 5.73 Å². The van der Waals surface area contributed by atoms with Crippen molar-refractivity contribution in [3.05, 3.63) is 23.8 Å². The lowest BCUT2D eigenvalue weighted by atomic mass is 10.1. The first-order valence-electron chi connectivity index (χ1n) is 6.30. The lowest BCUT2D eigenvalue weighted by Gasteiger charge is -2.36. The van der Waals surface area contributed by atoms with Gasteiger partial charge < -0.3 is 26.4 Å². The van der Waals surface area contributed by atoms with E-state index in [9.17, 15) is 9.59 Å². The molecule has 1 unspecified atom stereocenters. The molecule has 7 heteroatoms. The van der Waals surface area contributed by atoms with E-state index < -0.39 is 11.9 Å². The summed E-state index contributed by atoms with van der Waals surface area (Å²) in [6, 6.07) is 4.56. The minimum atomic E-state index is -0.589. The lowest BCUT2D eigenvalue weighted by molar-refractivity contribution is -0.124. The Kier molecular flexibility index (Phi) is 4.09. The van der Waals surface area contributed by atoms with Crippen LogP contribution in [0.1, 0.15) is 10.4 Å². The molecule has 108 valence electrons. The number of morpholine rings is 1. The molecular formula is C13H18N4O3. The van der Waals surface area contributed by atoms with Gasteiger partial charge in [-0.15, -0.1) is 0 Å². The van der Waals surface area contributed by atoms with Crippen molar-refractivity contribution in [1.82, 2.24) is 5.32 Å². The van der Waals surface area contributed by atoms with E-state index in [1.165, 1.54) is 0 Å². The number of nitrogens with two attached hydrogens (primary N) is 2. The summed E-state index contributed by atoms with van der Waals surface area (Å²) >= 11 is 0. The topological polar surface area (TPSA) is 111 Å². The molecule has 2 amide bonds. The van der Waals surface area contributed by atoms with Crippen LogP contribution in [0.2, 0.25) is 0 Å². The number of nitrogen functional groups attached to an aromatic ring is 1. The van der Waals surface area contributed by atoms with E-state index >= 15 is 0 Å². The van der Waals surface area contributed by atoms with Crippen molar-refractivity contribution in [2.75, 3.05) is 37.4 Å². The molecule has 20 heavy (non-hydrogen) atoms. The maximum Gasteiger partial charge on any atom is 0.250 e. The zero-order valence-electron chi connectivity index (χ0n) is 11.3. The molecule has 5 N–H and O–H groups in total. The van der Waals surface area contributed by atoms with E-state index in [0.717, 1.165) is 5.69 Å². The van der Waals surface area contributed by atoms with Crippen molar-refractivity contribution < 1.29 is 14.3 Å². The molecule has 1 atom stereocenters. The second-order valence-electron chi connectivity index (χ2n) is 4.53. The Bertz CT molecular complexity index is 532. The number of likely N-dealkylation sites (N-methyl/N-ethyl adjacent to an activating group) is 1. The number of nitrogens with one attached hydrogen (secondary N) is 1. The highest BCUT2D eigenvalue weighted by molar-refractivity contribution is 5.99. The van der Waals surface area contributed by atoms with Gasteiger partial charge in [0.25, 0.3) is 5.91 Å². The Morgan fingerprint density at radius 2 is 2.20 bits per heavy atom. The highest BCUT2D eigenvalue weighted by Gasteiger charge is 2.29. The fourth-order valence-electron chi connectivity index (χ4n) is 2.23. The number of ether oxygens (including phenoxy) is 1. The van der Waals surface area contributed by atoms with Gasteiger partial charge >= 0.3 is 0 Å². The smallest absolute Gasteiger partial charge is 0.250 e. The average molecular weight is 278 g/mol. The summed E-state index contributed by atoms with van der Waals surface area (Å²) in [6.45, 7) is 1.37. The van der Waals surface area contributed by atoms with Crippen LogP contribution in [-0.4, -0.2) is 44.7 Å². The van der Waals surface area contributed by atoms with E-state index in [1.54, 1.807) is 25.2 Å². The van der Waals surface area contributed by atoms with Crippen molar-refractivity contribution in [3.63, 3.8) is 0 Å². The standard InChI is InChI=1S/C13H18N4O3/c1-16-13(19)11-7-20-5-4-17(11)8-2-3-10(14)9(6-8)12(15)18/h2-3,6,11H,4-5,7,14H2,1H3,(H2,15,18)(H,16,19). The number of nitrogens with zero attached hydrogens (tertiary/aromatic N) is 1. The van der Waals surface area contributed by atoms with E-state index in [-0.39, 0.29) is 11.5 Å². The van der Waals surface area contributed by atoms with Crippen molar-refractivity contribution >= 4 is 23.2 Å². The highest BCUT2D eigenvalue weighted by atomic mass is 16.5. The summed E-state index contributed by atoms with van der Waals surface area (Å²) in [6.07, 6.45) is 0. The molecule has 2 rings (SSSR count). The second kappa shape index (κ2) is 5.79. The summed E-state index contributed by atoms with van der Waals surface area (Å²) in [5, 5.41) is 2.61. The zero-order chi connectivity index (χ0) is 14.7. The monoisotopic (exact) mass is 278 g/mol. The molecule has 1 aromatic rings. The predicted octanol–water partition coefficient (Wildman–Crippen LogP) is -0.681. The number of amides is 2. The van der Waals surface area contributed by atoms with E-state index in [2.05, 4.69) is 5.32 Å². The van der Waals surface area contributed by atoms with Crippen LogP contribution in [0.3, 0.4) is 0 Å². The van der Waals surface area contributed by atoms with Crippen LogP contribution >= 0.6 is 0 Å². The van der Waals surface area contributed by atoms with Gasteiger partial charge in [0.15, 0.2) is 0 Å². The summed E-state index contributed by atoms with van der Waals surface area (Å²) in [5.74, 6) is -0.726. The van der Waals surface area contributed by atoms with E-state index in [1.807, 2.05) is 4.90 Å². The molecule has 1 aromatic carbocycles. The maximum absolute atomic E-state index is 11.9. The first kappa shape index (κ1) is 14.1. The molecule has 1 fully saturated rings. The minimum Gasteiger partial charge on any atom is -0.398 e. The van der Waals surface area contributed by atoms with Gasteiger partial charge in [0.1, 0.15) is 6.04 Å². The normalized spacial score (nSPS) is 18.6. The first-order chi connectivity index (χ1) is 9.54. The number of primary amides is 1. The number of carbonyl (C=O) groups excluding carboxylic acids is 2. The van der Waals surface area contributed by atoms with Crippen LogP contribution in [0.25, 0.3) is 0 Å². The molecule has 1 aliphatic heterocycles. The molecule has 7 nitrogen and oxygen atoms in total. The van der Waals surface area contributed by atoms with E-state index in [0.29, 0.717) is 25.4 Å². The van der Waals surface area contributed by atoms with Crippen molar-refractivity contribution in [3.8, 4) is 0 Å². The minimum absolute atomic E-state index is 0.137. The predicted molar refractivity (Wildman–Crippen MR) is 75.4 cm³/mol. The van der Waals surface area contributed by atoms with Crippen LogP contribution in [0.4, 0.5) is 11.4 Å². The SMILES string of the molecule is CNC(=O)C1COCCN1c1ccc(N)c(C(N)=O)c1. The van der Waals surface area contributed by atoms with E-state index in [4.69, 9.17) is 16.2 Å². The lowest BCUT2D eigenvalue weighted by Crippen LogP contribution is -2.53. The zero-order valence-corrected chi connectivity index (χ0v) is 11.3. The third-order valence-corrected chi connectivity index (χ3v) is 3.31. The molecule has 1 heterocycles. The van der Waals surface area contributed by atoms with Crippen LogP contribution in [0, 0.1) is 0 Å². The number of hydrogen-bond donors (Lipinski definition) is 3. The fourth-order valence-corrected chi connectivity index (χ4v) is 2.23. The third-order valence-electron chi connectivity index (χ3n) is 3.31. The van der Waals surface area contributed by atoms with Gasteiger partial charge in [-0.05, 0) is 18.2 Å². The number of benzene rings is 1. The second-order valence-corrected chi connectivity index (χ2v) is 4.53. The molecule has 0 spiro atoms. The molecule has 1 aliphatic rings. The molecule has 0 saturated carbocycles. The molecular weight excluding hydrogens is 260 g/mol. The molecule has 0 bridgehead atoms. The Hall–Kier alpha value is -2.28. The largest absolute Gasteiger partial charge is 0.398 e. The van der Waals surface area contributed by atoms with Gasteiger partial charge in [-0.3, -0.25) is 9.59 Å². The first-order valence-corrected chi connectivity index (χ1v) is 6.30. The van der Waals surface area contributed by atoms with Crippen LogP contribution in [0.5, 0.6) is 0 Å². The van der Waals surface area contributed by atoms with Crippen LogP contribution in [-0.2, 0) is 9.53 Å². The quantitative estimate of drug-likeness (QED) is 0.634. The average Bonchev–Trinajstić information content (AvgIpc) is 2.46. The Morgan fingerprint density at radius 3 is 2.85 bits per heavy atom. The Morgan fingerprint density at radius 1 is 1.45 bits per heavy atom. The molecule has 0 aromatic heterocycles. The maximum atomic E-state index is 11.9. The molecule has 0 radical (unpaired) electrons. The van der Waals surface area contributed by atoms with Gasteiger partial charge in [0.05, 0.1) is 18.8 Å². The van der Waals surface area contributed by atoms with Crippen molar-refractivity contribution in [1.29, 1.82) is 0 Å². The van der Waals surface area contributed by atoms with Gasteiger partial charge in [-0.2, -0.15) is 0 Å². The number of hydrogen-bond acceptors (Lipinski definition) is 5. The van der Waals surface area contributed by atoms with Crippen molar-refractivity contribution in [2.45, 2.75) is 6.04 Å². The highest BCUT2D eigenvalue weighted by Crippen LogP contribution is 2.24. The van der Waals surface area contributed by atoms with Gasteiger partial charge in [-0.1, -0.05) is 0 Å². The van der Waals surface area contributed by atoms with Gasteiger partial charge in [0, 0.05) is 25.0 Å². The summed E-state index contributed by atoms with van der Waals surface area (Å²) in [5.41, 5.74) is 12.3. The fraction of sp³-hybridized carbons (Fsp3) is 0.385. The Balaban J connectivity index is 2.35. The van der Waals surface area contributed by atoms with Crippen LogP contribution < -0.4 is 21.7 Å². The number of carbonyl (C=O) groups is 2.